The molecule has 0 radical (unpaired) electrons. The van der Waals surface area contributed by atoms with Crippen molar-refractivity contribution in [3.8, 4) is 0 Å². The summed E-state index contributed by atoms with van der Waals surface area (Å²) >= 11 is 0. The summed E-state index contributed by atoms with van der Waals surface area (Å²) < 4.78 is 5.57. The average Bonchev–Trinajstić information content (AvgIpc) is 2.73. The molecular weight excluding hydrogens is 176 g/mol. The van der Waals surface area contributed by atoms with E-state index in [1.54, 1.807) is 0 Å². The largest absolute Gasteiger partial charge is 0.374 e. The Hall–Kier alpha value is -0.120. The lowest BCUT2D eigenvalue weighted by Crippen LogP contribution is -2.48. The van der Waals surface area contributed by atoms with Gasteiger partial charge in [-0.3, -0.25) is 4.90 Å². The summed E-state index contributed by atoms with van der Waals surface area (Å²) in [5.41, 5.74) is 0. The van der Waals surface area contributed by atoms with Crippen molar-refractivity contribution in [2.24, 2.45) is 0 Å². The van der Waals surface area contributed by atoms with Crippen LogP contribution >= 0.6 is 0 Å². The van der Waals surface area contributed by atoms with E-state index >= 15 is 0 Å². The molecule has 0 aliphatic carbocycles. The van der Waals surface area contributed by atoms with Crippen molar-refractivity contribution in [3.05, 3.63) is 0 Å². The molecule has 2 atom stereocenters. The van der Waals surface area contributed by atoms with E-state index in [1.807, 2.05) is 27.7 Å². The molecule has 2 unspecified atom stereocenters. The van der Waals surface area contributed by atoms with Gasteiger partial charge in [-0.15, -0.1) is 0 Å². The number of nitrogens with one attached hydrogen (secondary N) is 1. The van der Waals surface area contributed by atoms with Crippen LogP contribution < -0.4 is 5.32 Å². The fourth-order valence-corrected chi connectivity index (χ4v) is 1.76. The smallest absolute Gasteiger partial charge is 0.0867 e. The number of rotatable bonds is 0. The lowest BCUT2D eigenvalue weighted by atomic mass is 10.1. The molecule has 0 spiro atoms. The van der Waals surface area contributed by atoms with Crippen LogP contribution in [0.3, 0.4) is 0 Å². The third kappa shape index (κ3) is 3.56. The normalized spacial score (nSPS) is 30.6. The molecule has 3 nitrogen and oxygen atoms in total. The maximum Gasteiger partial charge on any atom is 0.0867 e. The van der Waals surface area contributed by atoms with Crippen molar-refractivity contribution in [1.82, 2.24) is 10.2 Å². The number of fused-ring (bicyclic) bond motifs is 1. The molecule has 0 saturated carbocycles. The van der Waals surface area contributed by atoms with Gasteiger partial charge < -0.3 is 10.1 Å². The van der Waals surface area contributed by atoms with E-state index in [9.17, 15) is 0 Å². The summed E-state index contributed by atoms with van der Waals surface area (Å²) in [6.07, 6.45) is 0.457. The number of nitrogens with zero attached hydrogens (tertiary/aromatic N) is 1. The van der Waals surface area contributed by atoms with Crippen LogP contribution in [0.2, 0.25) is 0 Å². The third-order valence-electron chi connectivity index (χ3n) is 2.47. The molecular formula is C11H26N2O. The van der Waals surface area contributed by atoms with Gasteiger partial charge >= 0.3 is 0 Å². The van der Waals surface area contributed by atoms with Crippen LogP contribution in [0.4, 0.5) is 0 Å². The highest BCUT2D eigenvalue weighted by atomic mass is 16.5. The van der Waals surface area contributed by atoms with E-state index in [-0.39, 0.29) is 0 Å². The number of hydrogen-bond acceptors (Lipinski definition) is 3. The van der Waals surface area contributed by atoms with E-state index in [2.05, 4.69) is 17.3 Å². The first kappa shape index (κ1) is 13.9. The Bertz CT molecular complexity index is 130. The molecule has 0 amide bonds. The van der Waals surface area contributed by atoms with E-state index < -0.39 is 0 Å². The summed E-state index contributed by atoms with van der Waals surface area (Å²) in [5.74, 6) is 0. The first-order chi connectivity index (χ1) is 6.88. The summed E-state index contributed by atoms with van der Waals surface area (Å²) in [6.45, 7) is 12.1. The van der Waals surface area contributed by atoms with Gasteiger partial charge in [-0.05, 0) is 7.05 Å². The van der Waals surface area contributed by atoms with E-state index in [0.717, 1.165) is 26.2 Å². The molecule has 2 aliphatic heterocycles. The van der Waals surface area contributed by atoms with Crippen molar-refractivity contribution in [2.45, 2.75) is 39.8 Å². The van der Waals surface area contributed by atoms with Crippen molar-refractivity contribution in [3.63, 3.8) is 0 Å². The van der Waals surface area contributed by atoms with Gasteiger partial charge in [0.05, 0.1) is 12.7 Å². The maximum atomic E-state index is 5.57. The zero-order chi connectivity index (χ0) is 11.0. The molecule has 3 heteroatoms. The molecule has 2 heterocycles. The van der Waals surface area contributed by atoms with E-state index in [4.69, 9.17) is 4.74 Å². The average molecular weight is 202 g/mol. The van der Waals surface area contributed by atoms with Gasteiger partial charge in [-0.2, -0.15) is 0 Å². The van der Waals surface area contributed by atoms with Crippen LogP contribution in [0.15, 0.2) is 0 Å². The number of hydrogen-bond donors (Lipinski definition) is 1. The topological polar surface area (TPSA) is 24.5 Å². The Morgan fingerprint density at radius 1 is 1.14 bits per heavy atom. The first-order valence-electron chi connectivity index (χ1n) is 5.90. The minimum Gasteiger partial charge on any atom is -0.374 e. The zero-order valence-electron chi connectivity index (χ0n) is 10.3. The Labute approximate surface area is 88.8 Å². The molecule has 14 heavy (non-hydrogen) atoms. The Morgan fingerprint density at radius 2 is 1.79 bits per heavy atom. The minimum atomic E-state index is 0.457. The van der Waals surface area contributed by atoms with Crippen molar-refractivity contribution >= 4 is 0 Å². The third-order valence-corrected chi connectivity index (χ3v) is 2.47. The van der Waals surface area contributed by atoms with Crippen LogP contribution in [0.25, 0.3) is 0 Å². The molecule has 0 bridgehead atoms. The van der Waals surface area contributed by atoms with E-state index in [1.165, 1.54) is 0 Å². The molecule has 86 valence electrons. The second-order valence-electron chi connectivity index (χ2n) is 3.12. The number of morpholine rings is 1. The summed E-state index contributed by atoms with van der Waals surface area (Å²) in [7, 11) is 2.17. The minimum absolute atomic E-state index is 0.457. The summed E-state index contributed by atoms with van der Waals surface area (Å²) in [5, 5.41) is 3.33. The van der Waals surface area contributed by atoms with Gasteiger partial charge in [-0.1, -0.05) is 27.7 Å². The molecule has 0 aromatic heterocycles. The predicted octanol–water partition coefficient (Wildman–Crippen LogP) is 1.34. The molecule has 2 rings (SSSR count). The summed E-state index contributed by atoms with van der Waals surface area (Å²) in [4.78, 5) is 2.38. The van der Waals surface area contributed by atoms with Gasteiger partial charge in [0.15, 0.2) is 0 Å². The van der Waals surface area contributed by atoms with Gasteiger partial charge in [0, 0.05) is 25.7 Å². The molecule has 1 N–H and O–H groups in total. The fourth-order valence-electron chi connectivity index (χ4n) is 1.76. The van der Waals surface area contributed by atoms with Crippen LogP contribution in [0, 0.1) is 0 Å². The Balaban J connectivity index is 0.000000379. The zero-order valence-corrected chi connectivity index (χ0v) is 10.3. The van der Waals surface area contributed by atoms with Crippen LogP contribution in [-0.2, 0) is 4.74 Å². The number of ether oxygens (including phenoxy) is 1. The first-order valence-corrected chi connectivity index (χ1v) is 5.90. The van der Waals surface area contributed by atoms with Gasteiger partial charge in [0.2, 0.25) is 0 Å². The highest BCUT2D eigenvalue weighted by Crippen LogP contribution is 2.14. The van der Waals surface area contributed by atoms with Gasteiger partial charge in [0.25, 0.3) is 0 Å². The van der Waals surface area contributed by atoms with Crippen LogP contribution in [0.5, 0.6) is 0 Å². The maximum absolute atomic E-state index is 5.57. The van der Waals surface area contributed by atoms with Gasteiger partial charge in [0.1, 0.15) is 0 Å². The van der Waals surface area contributed by atoms with Crippen LogP contribution in [0.1, 0.15) is 27.7 Å². The Kier molecular flexibility index (Phi) is 8.14. The molecule has 0 aromatic rings. The van der Waals surface area contributed by atoms with Gasteiger partial charge in [-0.25, -0.2) is 0 Å². The Morgan fingerprint density at radius 3 is 2.36 bits per heavy atom. The second kappa shape index (κ2) is 8.21. The van der Waals surface area contributed by atoms with Crippen molar-refractivity contribution < 1.29 is 4.74 Å². The molecule has 0 aromatic carbocycles. The lowest BCUT2D eigenvalue weighted by Gasteiger charge is -2.33. The van der Waals surface area contributed by atoms with E-state index in [0.29, 0.717) is 12.1 Å². The number of likely N-dealkylation sites (N-methyl/N-ethyl adjacent to an activating group) is 1. The quantitative estimate of drug-likeness (QED) is 0.641. The predicted molar refractivity (Wildman–Crippen MR) is 61.7 cm³/mol. The molecule has 2 fully saturated rings. The second-order valence-corrected chi connectivity index (χ2v) is 3.12. The highest BCUT2D eigenvalue weighted by Gasteiger charge is 2.33. The monoisotopic (exact) mass is 202 g/mol. The van der Waals surface area contributed by atoms with Crippen molar-refractivity contribution in [1.29, 1.82) is 0 Å². The van der Waals surface area contributed by atoms with Crippen LogP contribution in [-0.4, -0.2) is 50.3 Å². The lowest BCUT2D eigenvalue weighted by molar-refractivity contribution is -0.0363. The SMILES string of the molecule is CC.CC.CN1CCOC2CNCC21. The van der Waals surface area contributed by atoms with Crippen molar-refractivity contribution in [2.75, 3.05) is 33.3 Å². The standard InChI is InChI=1S/C7H14N2O.2C2H6/c1-9-2-3-10-7-5-8-4-6(7)9;2*1-2/h6-8H,2-5H2,1H3;2*1-2H3. The molecule has 2 aliphatic rings. The summed E-state index contributed by atoms with van der Waals surface area (Å²) in [6, 6.07) is 0.633. The highest BCUT2D eigenvalue weighted by molar-refractivity contribution is 4.90. The fraction of sp³-hybridized carbons (Fsp3) is 1.00. The molecule has 2 saturated heterocycles.